The molecular formula is C21H19FN4O3. The molecule has 1 N–H and O–H groups in total. The number of nitrogens with one attached hydrogen (secondary N) is 1. The van der Waals surface area contributed by atoms with Gasteiger partial charge in [-0.05, 0) is 43.2 Å². The monoisotopic (exact) mass is 394 g/mol. The predicted molar refractivity (Wildman–Crippen MR) is 108 cm³/mol. The number of non-ortho nitro benzene ring substituents is 1. The number of hydrogen-bond acceptors (Lipinski definition) is 4. The van der Waals surface area contributed by atoms with E-state index in [4.69, 9.17) is 0 Å². The molecule has 148 valence electrons. The molecule has 3 rings (SSSR count). The van der Waals surface area contributed by atoms with Crippen LogP contribution in [0.1, 0.15) is 22.5 Å². The molecule has 0 unspecified atom stereocenters. The van der Waals surface area contributed by atoms with Crippen molar-refractivity contribution in [1.82, 2.24) is 9.78 Å². The summed E-state index contributed by atoms with van der Waals surface area (Å²) in [5, 5.41) is 18.1. The number of nitrogens with zero attached hydrogens (tertiary/aromatic N) is 3. The van der Waals surface area contributed by atoms with E-state index >= 15 is 0 Å². The molecular weight excluding hydrogens is 375 g/mol. The molecule has 0 bridgehead atoms. The smallest absolute Gasteiger partial charge is 0.270 e. The molecule has 0 saturated carbocycles. The second-order valence-electron chi connectivity index (χ2n) is 6.50. The highest BCUT2D eigenvalue weighted by Gasteiger charge is 2.13. The van der Waals surface area contributed by atoms with E-state index in [9.17, 15) is 19.3 Å². The lowest BCUT2D eigenvalue weighted by Gasteiger charge is -2.06. The van der Waals surface area contributed by atoms with Crippen LogP contribution in [0.2, 0.25) is 0 Å². The fraction of sp³-hybridized carbons (Fsp3) is 0.143. The first-order chi connectivity index (χ1) is 13.8. The van der Waals surface area contributed by atoms with E-state index in [2.05, 4.69) is 10.4 Å². The maximum absolute atomic E-state index is 13.1. The zero-order valence-electron chi connectivity index (χ0n) is 15.9. The van der Waals surface area contributed by atoms with Crippen molar-refractivity contribution < 1.29 is 14.1 Å². The summed E-state index contributed by atoms with van der Waals surface area (Å²) in [6.45, 7) is 4.07. The van der Waals surface area contributed by atoms with Crippen LogP contribution in [-0.4, -0.2) is 20.6 Å². The van der Waals surface area contributed by atoms with Crippen LogP contribution in [0.15, 0.2) is 54.6 Å². The van der Waals surface area contributed by atoms with E-state index in [-0.39, 0.29) is 17.4 Å². The number of benzene rings is 2. The molecule has 0 aliphatic heterocycles. The Hall–Kier alpha value is -3.81. The summed E-state index contributed by atoms with van der Waals surface area (Å²) in [5.41, 5.74) is 3.42. The molecule has 0 aliphatic rings. The molecule has 1 heterocycles. The van der Waals surface area contributed by atoms with Gasteiger partial charge in [0, 0.05) is 18.2 Å². The number of nitro groups is 1. The minimum Gasteiger partial charge on any atom is -0.319 e. The van der Waals surface area contributed by atoms with Crippen molar-refractivity contribution in [1.29, 1.82) is 0 Å². The average Bonchev–Trinajstić information content (AvgIpc) is 2.95. The third-order valence-electron chi connectivity index (χ3n) is 4.38. The third-order valence-corrected chi connectivity index (χ3v) is 4.38. The Kier molecular flexibility index (Phi) is 5.82. The van der Waals surface area contributed by atoms with Gasteiger partial charge in [0.1, 0.15) is 5.82 Å². The van der Waals surface area contributed by atoms with Crippen LogP contribution in [0, 0.1) is 29.8 Å². The number of aromatic nitrogens is 2. The van der Waals surface area contributed by atoms with E-state index in [1.165, 1.54) is 36.4 Å². The Labute approximate surface area is 166 Å². The molecule has 0 saturated heterocycles. The number of carbonyl (C=O) groups excluding carboxylic acids is 1. The predicted octanol–water partition coefficient (Wildman–Crippen LogP) is 4.25. The average molecular weight is 394 g/mol. The molecule has 1 amide bonds. The molecule has 1 aromatic heterocycles. The van der Waals surface area contributed by atoms with Crippen LogP contribution >= 0.6 is 0 Å². The topological polar surface area (TPSA) is 90.1 Å². The molecule has 2 aromatic carbocycles. The van der Waals surface area contributed by atoms with E-state index < -0.39 is 4.92 Å². The fourth-order valence-corrected chi connectivity index (χ4v) is 2.87. The summed E-state index contributed by atoms with van der Waals surface area (Å²) in [4.78, 5) is 22.6. The number of nitro benzene ring substituents is 1. The lowest BCUT2D eigenvalue weighted by molar-refractivity contribution is -0.384. The van der Waals surface area contributed by atoms with Gasteiger partial charge in [0.25, 0.3) is 5.69 Å². The summed E-state index contributed by atoms with van der Waals surface area (Å²) in [6, 6.07) is 12.2. The minimum absolute atomic E-state index is 0.0404. The van der Waals surface area contributed by atoms with E-state index in [1.807, 2.05) is 6.92 Å². The Bertz CT molecular complexity index is 1090. The third kappa shape index (κ3) is 4.92. The SMILES string of the molecule is Cc1nn(Cc2ccc(F)cc2)c(C)c1NC(=O)/C=C/c1cccc([N+](=O)[O-])c1. The minimum atomic E-state index is -0.486. The normalized spacial score (nSPS) is 11.0. The zero-order valence-corrected chi connectivity index (χ0v) is 15.9. The summed E-state index contributed by atoms with van der Waals surface area (Å²) in [6.07, 6.45) is 2.82. The van der Waals surface area contributed by atoms with Crippen LogP contribution in [0.25, 0.3) is 6.08 Å². The highest BCUT2D eigenvalue weighted by Crippen LogP contribution is 2.21. The second-order valence-corrected chi connectivity index (χ2v) is 6.50. The van der Waals surface area contributed by atoms with Gasteiger partial charge in [-0.3, -0.25) is 19.6 Å². The highest BCUT2D eigenvalue weighted by atomic mass is 19.1. The molecule has 3 aromatic rings. The van der Waals surface area contributed by atoms with E-state index in [0.717, 1.165) is 11.3 Å². The van der Waals surface area contributed by atoms with Gasteiger partial charge in [0.15, 0.2) is 0 Å². The largest absolute Gasteiger partial charge is 0.319 e. The summed E-state index contributed by atoms with van der Waals surface area (Å²) < 4.78 is 14.8. The standard InChI is InChI=1S/C21H19FN4O3/c1-14-21(15(2)25(24-14)13-17-6-9-18(22)10-7-17)23-20(27)11-8-16-4-3-5-19(12-16)26(28)29/h3-12H,13H2,1-2H3,(H,23,27)/b11-8+. The Morgan fingerprint density at radius 1 is 1.24 bits per heavy atom. The summed E-state index contributed by atoms with van der Waals surface area (Å²) in [5.74, 6) is -0.672. The van der Waals surface area contributed by atoms with Gasteiger partial charge in [-0.1, -0.05) is 24.3 Å². The second kappa shape index (κ2) is 8.47. The van der Waals surface area contributed by atoms with Crippen molar-refractivity contribution >= 4 is 23.4 Å². The Morgan fingerprint density at radius 3 is 2.66 bits per heavy atom. The first-order valence-corrected chi connectivity index (χ1v) is 8.85. The van der Waals surface area contributed by atoms with Crippen molar-refractivity contribution in [3.8, 4) is 0 Å². The number of anilines is 1. The molecule has 0 spiro atoms. The molecule has 0 radical (unpaired) electrons. The Balaban J connectivity index is 1.72. The van der Waals surface area contributed by atoms with Crippen LogP contribution < -0.4 is 5.32 Å². The number of rotatable bonds is 6. The first-order valence-electron chi connectivity index (χ1n) is 8.85. The number of hydrogen-bond donors (Lipinski definition) is 1. The summed E-state index contributed by atoms with van der Waals surface area (Å²) >= 11 is 0. The molecule has 0 aliphatic carbocycles. The van der Waals surface area contributed by atoms with Gasteiger partial charge in [-0.2, -0.15) is 5.10 Å². The summed E-state index contributed by atoms with van der Waals surface area (Å²) in [7, 11) is 0. The number of halogens is 1. The molecule has 8 heteroatoms. The van der Waals surface area contributed by atoms with Crippen molar-refractivity contribution in [2.75, 3.05) is 5.32 Å². The molecule has 0 fully saturated rings. The van der Waals surface area contributed by atoms with Crippen molar-refractivity contribution in [3.63, 3.8) is 0 Å². The van der Waals surface area contributed by atoms with Crippen molar-refractivity contribution in [3.05, 3.63) is 93.1 Å². The molecule has 7 nitrogen and oxygen atoms in total. The quantitative estimate of drug-likeness (QED) is 0.384. The fourth-order valence-electron chi connectivity index (χ4n) is 2.87. The number of aryl methyl sites for hydroxylation is 1. The van der Waals surface area contributed by atoms with Crippen LogP contribution in [-0.2, 0) is 11.3 Å². The molecule has 29 heavy (non-hydrogen) atoms. The van der Waals surface area contributed by atoms with E-state index in [0.29, 0.717) is 23.5 Å². The molecule has 0 atom stereocenters. The number of amides is 1. The first kappa shape index (κ1) is 19.9. The van der Waals surface area contributed by atoms with Crippen molar-refractivity contribution in [2.45, 2.75) is 20.4 Å². The van der Waals surface area contributed by atoms with Crippen LogP contribution in [0.5, 0.6) is 0 Å². The van der Waals surface area contributed by atoms with Gasteiger partial charge < -0.3 is 5.32 Å². The Morgan fingerprint density at radius 2 is 1.97 bits per heavy atom. The van der Waals surface area contributed by atoms with Gasteiger partial charge in [-0.25, -0.2) is 4.39 Å². The van der Waals surface area contributed by atoms with Gasteiger partial charge >= 0.3 is 0 Å². The van der Waals surface area contributed by atoms with Crippen LogP contribution in [0.3, 0.4) is 0 Å². The highest BCUT2D eigenvalue weighted by molar-refractivity contribution is 6.02. The maximum atomic E-state index is 13.1. The number of carbonyl (C=O) groups is 1. The van der Waals surface area contributed by atoms with Gasteiger partial charge in [-0.15, -0.1) is 0 Å². The maximum Gasteiger partial charge on any atom is 0.270 e. The van der Waals surface area contributed by atoms with Gasteiger partial charge in [0.05, 0.1) is 28.5 Å². The zero-order chi connectivity index (χ0) is 21.0. The lowest BCUT2D eigenvalue weighted by Crippen LogP contribution is -2.10. The lowest BCUT2D eigenvalue weighted by atomic mass is 10.2. The van der Waals surface area contributed by atoms with Crippen LogP contribution in [0.4, 0.5) is 15.8 Å². The van der Waals surface area contributed by atoms with E-state index in [1.54, 1.807) is 35.9 Å². The van der Waals surface area contributed by atoms with Gasteiger partial charge in [0.2, 0.25) is 5.91 Å². The van der Waals surface area contributed by atoms with Crippen molar-refractivity contribution in [2.24, 2.45) is 0 Å².